The summed E-state index contributed by atoms with van der Waals surface area (Å²) >= 11 is 5.45. The van der Waals surface area contributed by atoms with Crippen LogP contribution in [0.25, 0.3) is 0 Å². The summed E-state index contributed by atoms with van der Waals surface area (Å²) in [5, 5.41) is 3.56. The second-order valence-corrected chi connectivity index (χ2v) is 8.19. The van der Waals surface area contributed by atoms with Crippen molar-refractivity contribution in [3.63, 3.8) is 0 Å². The van der Waals surface area contributed by atoms with Crippen LogP contribution in [0, 0.1) is 6.92 Å². The summed E-state index contributed by atoms with van der Waals surface area (Å²) in [6.07, 6.45) is 3.75. The second-order valence-electron chi connectivity index (χ2n) is 7.79. The fraction of sp³-hybridized carbons (Fsp3) is 0.600. The van der Waals surface area contributed by atoms with Crippen LogP contribution in [0.5, 0.6) is 0 Å². The Labute approximate surface area is 156 Å². The fourth-order valence-corrected chi connectivity index (χ4v) is 3.28. The first kappa shape index (κ1) is 19.7. The number of rotatable bonds is 5. The van der Waals surface area contributed by atoms with Crippen molar-refractivity contribution in [2.45, 2.75) is 65.0 Å². The Bertz CT molecular complexity index is 593. The molecular weight excluding hydrogens is 332 g/mol. The van der Waals surface area contributed by atoms with E-state index in [1.54, 1.807) is 0 Å². The van der Waals surface area contributed by atoms with Gasteiger partial charge in [-0.2, -0.15) is 0 Å². The molecule has 1 fully saturated rings. The van der Waals surface area contributed by atoms with E-state index >= 15 is 0 Å². The minimum Gasteiger partial charge on any atom is -0.485 e. The third-order valence-electron chi connectivity index (χ3n) is 4.24. The number of carbonyl (C=O) groups excluding carboxylic acids is 1. The van der Waals surface area contributed by atoms with Gasteiger partial charge < -0.3 is 15.0 Å². The number of hydrogen-bond acceptors (Lipinski definition) is 3. The quantitative estimate of drug-likeness (QED) is 0.629. The topological polar surface area (TPSA) is 41.6 Å². The van der Waals surface area contributed by atoms with Crippen LogP contribution < -0.4 is 5.32 Å². The Morgan fingerprint density at radius 3 is 2.64 bits per heavy atom. The minimum atomic E-state index is -0.249. The van der Waals surface area contributed by atoms with E-state index in [9.17, 15) is 4.79 Å². The summed E-state index contributed by atoms with van der Waals surface area (Å²) in [5.41, 5.74) is 2.34. The van der Waals surface area contributed by atoms with Gasteiger partial charge in [-0.25, -0.2) is 4.79 Å². The number of amides is 2. The smallest absolute Gasteiger partial charge is 0.318 e. The molecule has 0 saturated carbocycles. The van der Waals surface area contributed by atoms with Crippen molar-refractivity contribution in [2.24, 2.45) is 0 Å². The summed E-state index contributed by atoms with van der Waals surface area (Å²) in [6.45, 7) is 9.37. The van der Waals surface area contributed by atoms with Crippen molar-refractivity contribution in [1.82, 2.24) is 10.2 Å². The average molecular weight is 363 g/mol. The van der Waals surface area contributed by atoms with Gasteiger partial charge in [0, 0.05) is 12.1 Å². The molecular formula is C20H30N2O2S. The van der Waals surface area contributed by atoms with E-state index in [1.807, 2.05) is 25.7 Å². The molecule has 2 amide bonds. The van der Waals surface area contributed by atoms with Gasteiger partial charge in [-0.3, -0.25) is 0 Å². The maximum Gasteiger partial charge on any atom is 0.318 e. The Morgan fingerprint density at radius 2 is 2.00 bits per heavy atom. The van der Waals surface area contributed by atoms with Crippen molar-refractivity contribution < 1.29 is 9.53 Å². The number of aryl methyl sites for hydroxylation is 2. The fourth-order valence-electron chi connectivity index (χ4n) is 2.95. The van der Waals surface area contributed by atoms with Gasteiger partial charge in [-0.15, -0.1) is 0 Å². The van der Waals surface area contributed by atoms with Crippen LogP contribution in [-0.2, 0) is 11.2 Å². The molecule has 0 unspecified atom stereocenters. The molecule has 1 aromatic rings. The number of urea groups is 1. The molecule has 138 valence electrons. The van der Waals surface area contributed by atoms with E-state index in [0.717, 1.165) is 32.2 Å². The van der Waals surface area contributed by atoms with Gasteiger partial charge in [-0.05, 0) is 71.2 Å². The molecule has 1 aromatic carbocycles. The highest BCUT2D eigenvalue weighted by atomic mass is 32.1. The van der Waals surface area contributed by atoms with Gasteiger partial charge in [0.15, 0.2) is 5.05 Å². The van der Waals surface area contributed by atoms with Crippen molar-refractivity contribution in [3.05, 3.63) is 35.4 Å². The van der Waals surface area contributed by atoms with Gasteiger partial charge in [0.2, 0.25) is 0 Å². The lowest BCUT2D eigenvalue weighted by atomic mass is 10.1. The van der Waals surface area contributed by atoms with Crippen LogP contribution in [-0.4, -0.2) is 40.7 Å². The molecule has 1 aliphatic rings. The van der Waals surface area contributed by atoms with Gasteiger partial charge >= 0.3 is 6.03 Å². The first-order valence-corrected chi connectivity index (χ1v) is 9.48. The van der Waals surface area contributed by atoms with E-state index in [0.29, 0.717) is 11.7 Å². The molecule has 0 aromatic heterocycles. The van der Waals surface area contributed by atoms with Crippen LogP contribution in [0.4, 0.5) is 4.79 Å². The van der Waals surface area contributed by atoms with Crippen molar-refractivity contribution >= 4 is 23.3 Å². The molecule has 1 saturated heterocycles. The Balaban J connectivity index is 1.77. The highest BCUT2D eigenvalue weighted by Gasteiger charge is 2.34. The van der Waals surface area contributed by atoms with Crippen LogP contribution in [0.3, 0.4) is 0 Å². The monoisotopic (exact) mass is 362 g/mol. The van der Waals surface area contributed by atoms with Gasteiger partial charge in [0.05, 0.1) is 6.61 Å². The van der Waals surface area contributed by atoms with Gasteiger partial charge in [-0.1, -0.05) is 29.8 Å². The zero-order valence-corrected chi connectivity index (χ0v) is 16.6. The maximum absolute atomic E-state index is 12.4. The maximum atomic E-state index is 12.4. The molecule has 0 aliphatic carbocycles. The van der Waals surface area contributed by atoms with E-state index in [2.05, 4.69) is 36.5 Å². The predicted octanol–water partition coefficient (Wildman–Crippen LogP) is 4.24. The molecule has 1 heterocycles. The summed E-state index contributed by atoms with van der Waals surface area (Å²) in [7, 11) is 0. The van der Waals surface area contributed by atoms with Gasteiger partial charge in [0.1, 0.15) is 6.04 Å². The number of ether oxygens (including phenoxy) is 1. The number of carbonyl (C=O) groups is 1. The standard InChI is InChI=1S/C20H30N2O2S/c1-15-9-11-16(12-10-15)7-6-14-24-18(25)17-8-5-13-22(17)19(23)21-20(2,3)4/h9-12,17H,5-8,13-14H2,1-4H3,(H,21,23)/t17-/m0/s1. The van der Waals surface area contributed by atoms with E-state index in [-0.39, 0.29) is 17.6 Å². The number of hydrogen-bond donors (Lipinski definition) is 1. The van der Waals surface area contributed by atoms with Gasteiger partial charge in [0.25, 0.3) is 0 Å². The molecule has 2 rings (SSSR count). The molecule has 4 nitrogen and oxygen atoms in total. The zero-order chi connectivity index (χ0) is 18.4. The van der Waals surface area contributed by atoms with E-state index in [1.165, 1.54) is 11.1 Å². The van der Waals surface area contributed by atoms with Crippen LogP contribution in [0.1, 0.15) is 51.2 Å². The molecule has 5 heteroatoms. The predicted molar refractivity (Wildman–Crippen MR) is 106 cm³/mol. The molecule has 0 bridgehead atoms. The largest absolute Gasteiger partial charge is 0.485 e. The SMILES string of the molecule is Cc1ccc(CCCOC(=S)[C@@H]2CCCN2C(=O)NC(C)(C)C)cc1. The summed E-state index contributed by atoms with van der Waals surface area (Å²) in [6, 6.07) is 8.43. The molecule has 1 aliphatic heterocycles. The lowest BCUT2D eigenvalue weighted by Gasteiger charge is -2.29. The summed E-state index contributed by atoms with van der Waals surface area (Å²) in [5.74, 6) is 0. The first-order chi connectivity index (χ1) is 11.8. The lowest BCUT2D eigenvalue weighted by molar-refractivity contribution is 0.186. The number of nitrogens with zero attached hydrogens (tertiary/aromatic N) is 1. The third-order valence-corrected chi connectivity index (χ3v) is 4.63. The highest BCUT2D eigenvalue weighted by Crippen LogP contribution is 2.20. The van der Waals surface area contributed by atoms with Crippen LogP contribution >= 0.6 is 12.2 Å². The summed E-state index contributed by atoms with van der Waals surface area (Å²) < 4.78 is 5.79. The highest BCUT2D eigenvalue weighted by molar-refractivity contribution is 7.80. The van der Waals surface area contributed by atoms with E-state index < -0.39 is 0 Å². The van der Waals surface area contributed by atoms with Crippen LogP contribution in [0.2, 0.25) is 0 Å². The van der Waals surface area contributed by atoms with Crippen LogP contribution in [0.15, 0.2) is 24.3 Å². The average Bonchev–Trinajstić information content (AvgIpc) is 3.01. The zero-order valence-electron chi connectivity index (χ0n) is 15.8. The van der Waals surface area contributed by atoms with Crippen molar-refractivity contribution in [3.8, 4) is 0 Å². The molecule has 25 heavy (non-hydrogen) atoms. The number of nitrogens with one attached hydrogen (secondary N) is 1. The lowest BCUT2D eigenvalue weighted by Crippen LogP contribution is -2.51. The minimum absolute atomic E-state index is 0.0550. The normalized spacial score (nSPS) is 17.4. The Hall–Kier alpha value is -1.62. The van der Waals surface area contributed by atoms with Crippen molar-refractivity contribution in [1.29, 1.82) is 0 Å². The molecule has 1 atom stereocenters. The molecule has 0 radical (unpaired) electrons. The number of thiocarbonyl (C=S) groups is 1. The van der Waals surface area contributed by atoms with E-state index in [4.69, 9.17) is 17.0 Å². The van der Waals surface area contributed by atoms with Crippen molar-refractivity contribution in [2.75, 3.05) is 13.2 Å². The third kappa shape index (κ3) is 6.31. The number of benzene rings is 1. The summed E-state index contributed by atoms with van der Waals surface area (Å²) in [4.78, 5) is 14.2. The second kappa shape index (κ2) is 8.65. The number of likely N-dealkylation sites (tertiary alicyclic amines) is 1. The molecule has 1 N–H and O–H groups in total. The first-order valence-electron chi connectivity index (χ1n) is 9.07. The Morgan fingerprint density at radius 1 is 1.32 bits per heavy atom. The molecule has 0 spiro atoms. The Kier molecular flexibility index (Phi) is 6.82.